The van der Waals surface area contributed by atoms with Gasteiger partial charge in [-0.25, -0.2) is 9.37 Å². The normalized spacial score (nSPS) is 11.3. The summed E-state index contributed by atoms with van der Waals surface area (Å²) in [6, 6.07) is 16.3. The Hall–Kier alpha value is -4.60. The maximum absolute atomic E-state index is 14.0. The van der Waals surface area contributed by atoms with Crippen LogP contribution in [0.2, 0.25) is 0 Å². The van der Waals surface area contributed by atoms with Gasteiger partial charge >= 0.3 is 6.18 Å². The smallest absolute Gasteiger partial charge is 0.329 e. The zero-order valence-corrected chi connectivity index (χ0v) is 22.7. The molecule has 41 heavy (non-hydrogen) atoms. The monoisotopic (exact) mass is 564 g/mol. The number of carbonyl (C=O) groups is 2. The Morgan fingerprint density at radius 3 is 2.37 bits per heavy atom. The van der Waals surface area contributed by atoms with Gasteiger partial charge in [-0.3, -0.25) is 9.59 Å². The molecule has 4 aromatic rings. The van der Waals surface area contributed by atoms with Crippen molar-refractivity contribution in [3.8, 4) is 0 Å². The van der Waals surface area contributed by atoms with E-state index in [1.165, 1.54) is 0 Å². The van der Waals surface area contributed by atoms with Gasteiger partial charge in [0.05, 0.1) is 5.56 Å². The first-order chi connectivity index (χ1) is 19.4. The number of anilines is 4. The number of Topliss-reactive ketones (excluding diaryl/α,β-unsaturated/α-hetero) is 2. The highest BCUT2D eigenvalue weighted by Gasteiger charge is 2.31. The maximum Gasteiger partial charge on any atom is 0.416 e. The SMILES string of the molecule is CCC(=O)c1cc(Nc2nccc(N(C)c3ccc(CC(=O)Cc4cc(C(F)(F)F)ccc4F)cc3)n2)ccc1C. The summed E-state index contributed by atoms with van der Waals surface area (Å²) >= 11 is 0. The summed E-state index contributed by atoms with van der Waals surface area (Å²) in [5, 5.41) is 3.14. The summed E-state index contributed by atoms with van der Waals surface area (Å²) in [6.07, 6.45) is -3.10. The number of hydrogen-bond acceptors (Lipinski definition) is 6. The minimum atomic E-state index is -4.62. The molecule has 1 N–H and O–H groups in total. The standard InChI is InChI=1S/C31H28F4N4O2/c1-4-28(41)26-18-23(9-5-19(26)2)37-30-36-14-13-29(38-30)39(3)24-10-6-20(7-11-24)15-25(40)17-21-16-22(31(33,34)35)8-12-27(21)32/h5-14,16,18H,4,15,17H2,1-3H3,(H,36,37,38). The zero-order valence-electron chi connectivity index (χ0n) is 22.7. The Labute approximate surface area is 235 Å². The van der Waals surface area contributed by atoms with Crippen LogP contribution in [-0.4, -0.2) is 28.6 Å². The molecule has 4 rings (SSSR count). The van der Waals surface area contributed by atoms with Crippen LogP contribution >= 0.6 is 0 Å². The van der Waals surface area contributed by atoms with Crippen molar-refractivity contribution in [1.29, 1.82) is 0 Å². The molecular weight excluding hydrogens is 536 g/mol. The number of rotatable bonds is 10. The van der Waals surface area contributed by atoms with Crippen LogP contribution < -0.4 is 10.2 Å². The average Bonchev–Trinajstić information content (AvgIpc) is 2.94. The molecule has 0 aliphatic heterocycles. The molecule has 1 heterocycles. The Kier molecular flexibility index (Phi) is 8.80. The van der Waals surface area contributed by atoms with E-state index in [0.717, 1.165) is 17.3 Å². The molecular formula is C31H28F4N4O2. The van der Waals surface area contributed by atoms with Crippen molar-refractivity contribution in [1.82, 2.24) is 9.97 Å². The van der Waals surface area contributed by atoms with E-state index in [2.05, 4.69) is 15.3 Å². The minimum Gasteiger partial charge on any atom is -0.329 e. The molecule has 212 valence electrons. The van der Waals surface area contributed by atoms with Crippen molar-refractivity contribution in [2.45, 2.75) is 39.3 Å². The Balaban J connectivity index is 1.42. The highest BCUT2D eigenvalue weighted by Crippen LogP contribution is 2.31. The highest BCUT2D eigenvalue weighted by atomic mass is 19.4. The molecule has 10 heteroatoms. The molecule has 0 radical (unpaired) electrons. The minimum absolute atomic E-state index is 0.0496. The molecule has 0 amide bonds. The fourth-order valence-corrected chi connectivity index (χ4v) is 4.27. The Bertz CT molecular complexity index is 1570. The number of aromatic nitrogens is 2. The topological polar surface area (TPSA) is 75.2 Å². The van der Waals surface area contributed by atoms with Crippen LogP contribution in [0.15, 0.2) is 72.9 Å². The van der Waals surface area contributed by atoms with Gasteiger partial charge in [0.25, 0.3) is 0 Å². The van der Waals surface area contributed by atoms with E-state index in [4.69, 9.17) is 0 Å². The number of nitrogens with one attached hydrogen (secondary N) is 1. The largest absolute Gasteiger partial charge is 0.416 e. The van der Waals surface area contributed by atoms with E-state index < -0.39 is 29.8 Å². The summed E-state index contributed by atoms with van der Waals surface area (Å²) in [5.41, 5.74) is 2.35. The third-order valence-electron chi connectivity index (χ3n) is 6.59. The predicted molar refractivity (Wildman–Crippen MR) is 149 cm³/mol. The van der Waals surface area contributed by atoms with Gasteiger partial charge in [-0.15, -0.1) is 0 Å². The number of carbonyl (C=O) groups excluding carboxylic acids is 2. The Morgan fingerprint density at radius 2 is 1.68 bits per heavy atom. The zero-order chi connectivity index (χ0) is 29.7. The van der Waals surface area contributed by atoms with Gasteiger partial charge in [0, 0.05) is 49.4 Å². The number of alkyl halides is 3. The van der Waals surface area contributed by atoms with Crippen molar-refractivity contribution in [2.75, 3.05) is 17.3 Å². The quantitative estimate of drug-likeness (QED) is 0.160. The van der Waals surface area contributed by atoms with E-state index in [0.29, 0.717) is 47.1 Å². The number of nitrogens with zero attached hydrogens (tertiary/aromatic N) is 3. The van der Waals surface area contributed by atoms with Crippen molar-refractivity contribution >= 4 is 34.7 Å². The lowest BCUT2D eigenvalue weighted by Crippen LogP contribution is -2.13. The van der Waals surface area contributed by atoms with E-state index >= 15 is 0 Å². The molecule has 0 saturated carbocycles. The van der Waals surface area contributed by atoms with Crippen molar-refractivity contribution in [2.24, 2.45) is 0 Å². The van der Waals surface area contributed by atoms with Crippen molar-refractivity contribution in [3.05, 3.63) is 107 Å². The fourth-order valence-electron chi connectivity index (χ4n) is 4.27. The van der Waals surface area contributed by atoms with Crippen molar-refractivity contribution < 1.29 is 27.2 Å². The first kappa shape index (κ1) is 29.4. The maximum atomic E-state index is 14.0. The first-order valence-corrected chi connectivity index (χ1v) is 12.9. The van der Waals surface area contributed by atoms with Gasteiger partial charge in [-0.05, 0) is 72.1 Å². The van der Waals surface area contributed by atoms with Crippen LogP contribution in [0.25, 0.3) is 0 Å². The molecule has 0 unspecified atom stereocenters. The summed E-state index contributed by atoms with van der Waals surface area (Å²) in [7, 11) is 1.81. The number of ketones is 2. The van der Waals surface area contributed by atoms with E-state index in [1.54, 1.807) is 42.6 Å². The summed E-state index contributed by atoms with van der Waals surface area (Å²) < 4.78 is 52.9. The number of aryl methyl sites for hydroxylation is 1. The van der Waals surface area contributed by atoms with Crippen molar-refractivity contribution in [3.63, 3.8) is 0 Å². The van der Waals surface area contributed by atoms with E-state index in [1.807, 2.05) is 37.9 Å². The first-order valence-electron chi connectivity index (χ1n) is 12.9. The van der Waals surface area contributed by atoms with Crippen LogP contribution in [-0.2, 0) is 23.8 Å². The van der Waals surface area contributed by atoms with Gasteiger partial charge in [-0.2, -0.15) is 18.2 Å². The summed E-state index contributed by atoms with van der Waals surface area (Å²) in [6.45, 7) is 3.70. The lowest BCUT2D eigenvalue weighted by atomic mass is 10.0. The summed E-state index contributed by atoms with van der Waals surface area (Å²) in [4.78, 5) is 35.4. The third-order valence-corrected chi connectivity index (χ3v) is 6.59. The molecule has 3 aromatic carbocycles. The second-order valence-corrected chi connectivity index (χ2v) is 9.59. The second-order valence-electron chi connectivity index (χ2n) is 9.59. The molecule has 0 aliphatic carbocycles. The predicted octanol–water partition coefficient (Wildman–Crippen LogP) is 7.40. The lowest BCUT2D eigenvalue weighted by molar-refractivity contribution is -0.137. The number of benzene rings is 3. The molecule has 0 aliphatic rings. The molecule has 0 bridgehead atoms. The molecule has 0 saturated heterocycles. The third kappa shape index (κ3) is 7.33. The van der Waals surface area contributed by atoms with Crippen LogP contribution in [0.4, 0.5) is 40.7 Å². The van der Waals surface area contributed by atoms with Crippen LogP contribution in [0, 0.1) is 12.7 Å². The number of halogens is 4. The molecule has 0 spiro atoms. The molecule has 6 nitrogen and oxygen atoms in total. The molecule has 0 atom stereocenters. The van der Waals surface area contributed by atoms with Crippen LogP contribution in [0.5, 0.6) is 0 Å². The van der Waals surface area contributed by atoms with Gasteiger partial charge in [0.15, 0.2) is 5.78 Å². The molecule has 1 aromatic heterocycles. The van der Waals surface area contributed by atoms with E-state index in [-0.39, 0.29) is 17.8 Å². The van der Waals surface area contributed by atoms with Gasteiger partial charge in [-0.1, -0.05) is 25.1 Å². The molecule has 0 fully saturated rings. The average molecular weight is 565 g/mol. The Morgan fingerprint density at radius 1 is 0.951 bits per heavy atom. The fraction of sp³-hybridized carbons (Fsp3) is 0.226. The van der Waals surface area contributed by atoms with Gasteiger partial charge in [0.2, 0.25) is 5.95 Å². The summed E-state index contributed by atoms with van der Waals surface area (Å²) in [5.74, 6) is -0.274. The number of hydrogen-bond donors (Lipinski definition) is 1. The highest BCUT2D eigenvalue weighted by molar-refractivity contribution is 5.98. The van der Waals surface area contributed by atoms with Crippen LogP contribution in [0.1, 0.15) is 46.0 Å². The van der Waals surface area contributed by atoms with Gasteiger partial charge < -0.3 is 10.2 Å². The van der Waals surface area contributed by atoms with Crippen LogP contribution in [0.3, 0.4) is 0 Å². The van der Waals surface area contributed by atoms with Gasteiger partial charge in [0.1, 0.15) is 17.4 Å². The van der Waals surface area contributed by atoms with E-state index in [9.17, 15) is 27.2 Å². The second kappa shape index (κ2) is 12.3. The lowest BCUT2D eigenvalue weighted by Gasteiger charge is -2.19.